The third-order valence-electron chi connectivity index (χ3n) is 3.88. The third kappa shape index (κ3) is 3.94. The Hall–Kier alpha value is -1.69. The monoisotopic (exact) mass is 311 g/mol. The van der Waals surface area contributed by atoms with Crippen molar-refractivity contribution >= 4 is 11.6 Å². The number of carbonyl (C=O) groups excluding carboxylic acids is 1. The molecule has 0 saturated carbocycles. The number of anilines is 1. The van der Waals surface area contributed by atoms with E-state index in [1.807, 2.05) is 13.8 Å². The highest BCUT2D eigenvalue weighted by Crippen LogP contribution is 2.22. The lowest BCUT2D eigenvalue weighted by molar-refractivity contribution is -0.133. The van der Waals surface area contributed by atoms with Crippen LogP contribution in [0, 0.1) is 17.6 Å². The first-order chi connectivity index (χ1) is 10.4. The number of hydrogen-bond donors (Lipinski definition) is 1. The molecular weight excluding hydrogens is 288 g/mol. The Balaban J connectivity index is 1.95. The molecule has 0 radical (unpaired) electrons. The smallest absolute Gasteiger partial charge is 0.239 e. The Kier molecular flexibility index (Phi) is 5.34. The van der Waals surface area contributed by atoms with Crippen LogP contribution in [0.4, 0.5) is 14.5 Å². The Bertz CT molecular complexity index is 528. The van der Waals surface area contributed by atoms with Crippen LogP contribution in [0.5, 0.6) is 0 Å². The summed E-state index contributed by atoms with van der Waals surface area (Å²) >= 11 is 0. The lowest BCUT2D eigenvalue weighted by Crippen LogP contribution is -2.53. The topological polar surface area (TPSA) is 49.6 Å². The van der Waals surface area contributed by atoms with Crippen molar-refractivity contribution in [1.29, 1.82) is 0 Å². The van der Waals surface area contributed by atoms with Crippen LogP contribution in [0.25, 0.3) is 0 Å². The van der Waals surface area contributed by atoms with Gasteiger partial charge in [-0.1, -0.05) is 13.8 Å². The molecule has 0 spiro atoms. The van der Waals surface area contributed by atoms with Crippen LogP contribution in [0.15, 0.2) is 18.2 Å². The predicted octanol–water partition coefficient (Wildman–Crippen LogP) is 1.99. The summed E-state index contributed by atoms with van der Waals surface area (Å²) in [4.78, 5) is 15.7. The second-order valence-corrected chi connectivity index (χ2v) is 6.14. The number of carbonyl (C=O) groups is 1. The van der Waals surface area contributed by atoms with E-state index in [1.165, 1.54) is 6.07 Å². The van der Waals surface area contributed by atoms with E-state index in [4.69, 9.17) is 5.73 Å². The molecule has 4 nitrogen and oxygen atoms in total. The second-order valence-electron chi connectivity index (χ2n) is 6.14. The molecule has 1 aromatic rings. The van der Waals surface area contributed by atoms with Crippen molar-refractivity contribution in [2.24, 2.45) is 11.7 Å². The van der Waals surface area contributed by atoms with E-state index < -0.39 is 17.7 Å². The molecule has 1 aliphatic heterocycles. The molecule has 0 unspecified atom stereocenters. The number of nitrogens with zero attached hydrogens (tertiary/aromatic N) is 2. The molecule has 2 rings (SSSR count). The molecule has 1 atom stereocenters. The van der Waals surface area contributed by atoms with Crippen molar-refractivity contribution in [2.75, 3.05) is 31.1 Å². The van der Waals surface area contributed by atoms with Gasteiger partial charge in [0.05, 0.1) is 11.7 Å². The van der Waals surface area contributed by atoms with Gasteiger partial charge >= 0.3 is 0 Å². The predicted molar refractivity (Wildman–Crippen MR) is 82.6 cm³/mol. The zero-order valence-corrected chi connectivity index (χ0v) is 13.1. The van der Waals surface area contributed by atoms with Crippen LogP contribution in [-0.2, 0) is 4.79 Å². The fourth-order valence-electron chi connectivity index (χ4n) is 2.74. The molecule has 1 heterocycles. The Morgan fingerprint density at radius 1 is 1.23 bits per heavy atom. The van der Waals surface area contributed by atoms with E-state index >= 15 is 0 Å². The first-order valence-electron chi connectivity index (χ1n) is 7.63. The summed E-state index contributed by atoms with van der Waals surface area (Å²) in [6.07, 6.45) is 0.650. The first-order valence-corrected chi connectivity index (χ1v) is 7.63. The van der Waals surface area contributed by atoms with E-state index in [0.29, 0.717) is 38.5 Å². The fraction of sp³-hybridized carbons (Fsp3) is 0.562. The first kappa shape index (κ1) is 16.7. The molecule has 0 aromatic heterocycles. The Morgan fingerprint density at radius 3 is 2.45 bits per heavy atom. The van der Waals surface area contributed by atoms with Gasteiger partial charge in [-0.2, -0.15) is 0 Å². The van der Waals surface area contributed by atoms with Gasteiger partial charge in [-0.25, -0.2) is 8.78 Å². The number of benzene rings is 1. The van der Waals surface area contributed by atoms with Gasteiger partial charge in [-0.15, -0.1) is 0 Å². The lowest BCUT2D eigenvalue weighted by Gasteiger charge is -2.37. The van der Waals surface area contributed by atoms with Crippen molar-refractivity contribution < 1.29 is 13.6 Å². The standard InChI is InChI=1S/C16H23F2N3O/c1-11(2)9-14(19)16(22)21-7-5-20(6-8-21)15-10-12(17)3-4-13(15)18/h3-4,10-11,14H,5-9,19H2,1-2H3/t14-/m0/s1. The highest BCUT2D eigenvalue weighted by Gasteiger charge is 2.26. The van der Waals surface area contributed by atoms with E-state index in [-0.39, 0.29) is 11.6 Å². The zero-order valence-electron chi connectivity index (χ0n) is 13.1. The number of halogens is 2. The number of piperazine rings is 1. The van der Waals surface area contributed by atoms with E-state index in [0.717, 1.165) is 12.1 Å². The molecule has 1 aromatic carbocycles. The van der Waals surface area contributed by atoms with Gasteiger partial charge in [-0.3, -0.25) is 4.79 Å². The van der Waals surface area contributed by atoms with Crippen molar-refractivity contribution in [3.63, 3.8) is 0 Å². The molecular formula is C16H23F2N3O. The average Bonchev–Trinajstić information content (AvgIpc) is 2.48. The molecule has 1 aliphatic rings. The SMILES string of the molecule is CC(C)C[C@H](N)C(=O)N1CCN(c2cc(F)ccc2F)CC1. The van der Waals surface area contributed by atoms with E-state index in [1.54, 1.807) is 9.80 Å². The van der Waals surface area contributed by atoms with Gasteiger partial charge in [0.15, 0.2) is 0 Å². The van der Waals surface area contributed by atoms with Crippen LogP contribution in [-0.4, -0.2) is 43.0 Å². The lowest BCUT2D eigenvalue weighted by atomic mass is 10.0. The molecule has 22 heavy (non-hydrogen) atoms. The average molecular weight is 311 g/mol. The summed E-state index contributed by atoms with van der Waals surface area (Å²) in [5, 5.41) is 0. The van der Waals surface area contributed by atoms with Gasteiger partial charge < -0.3 is 15.5 Å². The van der Waals surface area contributed by atoms with Crippen molar-refractivity contribution in [3.05, 3.63) is 29.8 Å². The Morgan fingerprint density at radius 2 is 1.86 bits per heavy atom. The Labute approximate surface area is 129 Å². The molecule has 1 saturated heterocycles. The minimum Gasteiger partial charge on any atom is -0.366 e. The van der Waals surface area contributed by atoms with Crippen molar-refractivity contribution in [3.8, 4) is 0 Å². The molecule has 0 aliphatic carbocycles. The van der Waals surface area contributed by atoms with Gasteiger partial charge in [0.2, 0.25) is 5.91 Å². The van der Waals surface area contributed by atoms with Gasteiger partial charge in [0.25, 0.3) is 0 Å². The number of amides is 1. The van der Waals surface area contributed by atoms with Crippen LogP contribution < -0.4 is 10.6 Å². The normalized spacial score (nSPS) is 17.0. The molecule has 1 amide bonds. The number of nitrogens with two attached hydrogens (primary N) is 1. The quantitative estimate of drug-likeness (QED) is 0.925. The molecule has 2 N–H and O–H groups in total. The van der Waals surface area contributed by atoms with Crippen molar-refractivity contribution in [1.82, 2.24) is 4.90 Å². The molecule has 122 valence electrons. The summed E-state index contributed by atoms with van der Waals surface area (Å²) in [7, 11) is 0. The maximum absolute atomic E-state index is 13.8. The van der Waals surface area contributed by atoms with Crippen molar-refractivity contribution in [2.45, 2.75) is 26.3 Å². The number of rotatable bonds is 4. The maximum atomic E-state index is 13.8. The number of hydrogen-bond acceptors (Lipinski definition) is 3. The van der Waals surface area contributed by atoms with Crippen LogP contribution >= 0.6 is 0 Å². The summed E-state index contributed by atoms with van der Waals surface area (Å²) in [5.41, 5.74) is 6.17. The van der Waals surface area contributed by atoms with E-state index in [9.17, 15) is 13.6 Å². The second kappa shape index (κ2) is 7.05. The van der Waals surface area contributed by atoms with Crippen LogP contribution in [0.3, 0.4) is 0 Å². The molecule has 6 heteroatoms. The third-order valence-corrected chi connectivity index (χ3v) is 3.88. The fourth-order valence-corrected chi connectivity index (χ4v) is 2.74. The summed E-state index contributed by atoms with van der Waals surface area (Å²) < 4.78 is 27.0. The van der Waals surface area contributed by atoms with Crippen LogP contribution in [0.2, 0.25) is 0 Å². The van der Waals surface area contributed by atoms with Gasteiger partial charge in [0.1, 0.15) is 11.6 Å². The molecule has 0 bridgehead atoms. The van der Waals surface area contributed by atoms with Gasteiger partial charge in [-0.05, 0) is 24.5 Å². The highest BCUT2D eigenvalue weighted by atomic mass is 19.1. The largest absolute Gasteiger partial charge is 0.366 e. The highest BCUT2D eigenvalue weighted by molar-refractivity contribution is 5.82. The van der Waals surface area contributed by atoms with Gasteiger partial charge in [0, 0.05) is 32.2 Å². The minimum atomic E-state index is -0.488. The molecule has 1 fully saturated rings. The summed E-state index contributed by atoms with van der Waals surface area (Å²) in [6, 6.07) is 2.93. The van der Waals surface area contributed by atoms with E-state index in [2.05, 4.69) is 0 Å². The minimum absolute atomic E-state index is 0.0620. The maximum Gasteiger partial charge on any atom is 0.239 e. The summed E-state index contributed by atoms with van der Waals surface area (Å²) in [5.74, 6) is -0.610. The zero-order chi connectivity index (χ0) is 16.3. The summed E-state index contributed by atoms with van der Waals surface area (Å²) in [6.45, 7) is 5.94. The van der Waals surface area contributed by atoms with Crippen LogP contribution in [0.1, 0.15) is 20.3 Å².